The van der Waals surface area contributed by atoms with Gasteiger partial charge in [-0.3, -0.25) is 0 Å². The van der Waals surface area contributed by atoms with E-state index in [-0.39, 0.29) is 23.8 Å². The molecule has 0 aliphatic carbocycles. The highest BCUT2D eigenvalue weighted by molar-refractivity contribution is 6.31. The molecule has 0 spiro atoms. The molecule has 7 heteroatoms. The third-order valence-electron chi connectivity index (χ3n) is 4.44. The van der Waals surface area contributed by atoms with Crippen molar-refractivity contribution in [2.45, 2.75) is 24.4 Å². The quantitative estimate of drug-likeness (QED) is 0.793. The molecule has 4 nitrogen and oxygen atoms in total. The number of amidine groups is 1. The monoisotopic (exact) mass is 362 g/mol. The first-order valence-electron chi connectivity index (χ1n) is 7.57. The highest BCUT2D eigenvalue weighted by Gasteiger charge is 2.40. The van der Waals surface area contributed by atoms with Crippen LogP contribution in [-0.4, -0.2) is 11.9 Å². The van der Waals surface area contributed by atoms with Crippen molar-refractivity contribution in [1.29, 1.82) is 0 Å². The second-order valence-electron chi connectivity index (χ2n) is 5.86. The molecule has 2 aliphatic rings. The molecular weight excluding hydrogens is 350 g/mol. The molecule has 3 atom stereocenters. The molecule has 2 heterocycles. The van der Waals surface area contributed by atoms with Crippen molar-refractivity contribution < 1.29 is 4.39 Å². The van der Waals surface area contributed by atoms with Crippen LogP contribution in [0.5, 0.6) is 0 Å². The van der Waals surface area contributed by atoms with Gasteiger partial charge in [-0.25, -0.2) is 4.39 Å². The van der Waals surface area contributed by atoms with E-state index in [1.165, 1.54) is 6.07 Å². The van der Waals surface area contributed by atoms with Gasteiger partial charge in [0.2, 0.25) is 0 Å². The van der Waals surface area contributed by atoms with Crippen molar-refractivity contribution in [3.05, 3.63) is 69.5 Å². The van der Waals surface area contributed by atoms with Gasteiger partial charge in [-0.15, -0.1) is 5.10 Å². The molecule has 1 fully saturated rings. The van der Waals surface area contributed by atoms with Gasteiger partial charge in [-0.1, -0.05) is 41.4 Å². The maximum Gasteiger partial charge on any atom is 0.154 e. The summed E-state index contributed by atoms with van der Waals surface area (Å²) in [7, 11) is 0. The Morgan fingerprint density at radius 1 is 1.08 bits per heavy atom. The fourth-order valence-electron chi connectivity index (χ4n) is 3.30. The van der Waals surface area contributed by atoms with Crippen LogP contribution in [0.1, 0.15) is 29.5 Å². The van der Waals surface area contributed by atoms with Crippen molar-refractivity contribution in [1.82, 2.24) is 5.32 Å². The van der Waals surface area contributed by atoms with Gasteiger partial charge in [0.15, 0.2) is 5.84 Å². The summed E-state index contributed by atoms with van der Waals surface area (Å²) >= 11 is 12.2. The smallest absolute Gasteiger partial charge is 0.154 e. The summed E-state index contributed by atoms with van der Waals surface area (Å²) < 4.78 is 14.4. The minimum Gasteiger partial charge on any atom is -0.363 e. The fraction of sp³-hybridized carbons (Fsp3) is 0.235. The molecule has 2 aromatic carbocycles. The Hall–Kier alpha value is -1.98. The van der Waals surface area contributed by atoms with Gasteiger partial charge in [0.25, 0.3) is 0 Å². The van der Waals surface area contributed by atoms with Crippen LogP contribution in [0.4, 0.5) is 4.39 Å². The Bertz CT molecular complexity index is 815. The zero-order chi connectivity index (χ0) is 16.7. The maximum absolute atomic E-state index is 14.4. The van der Waals surface area contributed by atoms with E-state index in [1.807, 2.05) is 24.3 Å². The SMILES string of the molecule is Fc1cccc(Cl)c1C1CC(c2ccc(Cl)cc2)NC2=NN=NC21. The second-order valence-corrected chi connectivity index (χ2v) is 6.70. The van der Waals surface area contributed by atoms with Crippen LogP contribution < -0.4 is 5.32 Å². The molecule has 2 aliphatic heterocycles. The molecule has 0 bridgehead atoms. The molecule has 0 saturated carbocycles. The Morgan fingerprint density at radius 2 is 1.88 bits per heavy atom. The summed E-state index contributed by atoms with van der Waals surface area (Å²) in [5, 5.41) is 16.4. The number of fused-ring (bicyclic) bond motifs is 1. The van der Waals surface area contributed by atoms with Crippen molar-refractivity contribution in [3.8, 4) is 0 Å². The largest absolute Gasteiger partial charge is 0.363 e. The third kappa shape index (κ3) is 2.68. The minimum atomic E-state index is -0.331. The van der Waals surface area contributed by atoms with Crippen molar-refractivity contribution >= 4 is 29.0 Å². The van der Waals surface area contributed by atoms with E-state index >= 15 is 0 Å². The average molecular weight is 363 g/mol. The van der Waals surface area contributed by atoms with Crippen LogP contribution >= 0.6 is 23.2 Å². The number of rotatable bonds is 2. The van der Waals surface area contributed by atoms with Crippen LogP contribution in [0.2, 0.25) is 10.0 Å². The van der Waals surface area contributed by atoms with Gasteiger partial charge >= 0.3 is 0 Å². The summed E-state index contributed by atoms with van der Waals surface area (Å²) in [6.07, 6.45) is 0.630. The molecule has 1 N–H and O–H groups in total. The highest BCUT2D eigenvalue weighted by atomic mass is 35.5. The van der Waals surface area contributed by atoms with Crippen LogP contribution in [0, 0.1) is 5.82 Å². The predicted octanol–water partition coefficient (Wildman–Crippen LogP) is 5.10. The Morgan fingerprint density at radius 3 is 2.62 bits per heavy atom. The van der Waals surface area contributed by atoms with Gasteiger partial charge in [0.05, 0.1) is 6.04 Å². The summed E-state index contributed by atoms with van der Waals surface area (Å²) in [5.41, 5.74) is 1.52. The average Bonchev–Trinajstić information content (AvgIpc) is 3.04. The number of benzene rings is 2. The van der Waals surface area contributed by atoms with E-state index in [9.17, 15) is 4.39 Å². The number of hydrogen-bond acceptors (Lipinski definition) is 4. The second kappa shape index (κ2) is 6.15. The Labute approximate surface area is 148 Å². The Balaban J connectivity index is 1.74. The molecule has 0 radical (unpaired) electrons. The summed E-state index contributed by atoms with van der Waals surface area (Å²) in [5.74, 6) is 0.0850. The summed E-state index contributed by atoms with van der Waals surface area (Å²) in [6.45, 7) is 0. The van der Waals surface area contributed by atoms with Gasteiger partial charge in [0, 0.05) is 21.5 Å². The highest BCUT2D eigenvalue weighted by Crippen LogP contribution is 2.41. The van der Waals surface area contributed by atoms with Gasteiger partial charge in [-0.2, -0.15) is 5.11 Å². The first-order valence-corrected chi connectivity index (χ1v) is 8.32. The summed E-state index contributed by atoms with van der Waals surface area (Å²) in [6, 6.07) is 11.9. The van der Waals surface area contributed by atoms with Crippen LogP contribution in [-0.2, 0) is 0 Å². The Kier molecular flexibility index (Phi) is 3.98. The van der Waals surface area contributed by atoms with Crippen LogP contribution in [0.3, 0.4) is 0 Å². The van der Waals surface area contributed by atoms with E-state index < -0.39 is 0 Å². The molecule has 122 valence electrons. The lowest BCUT2D eigenvalue weighted by Crippen LogP contribution is -2.44. The number of nitrogens with one attached hydrogen (secondary N) is 1. The zero-order valence-electron chi connectivity index (χ0n) is 12.5. The van der Waals surface area contributed by atoms with Crippen LogP contribution in [0.15, 0.2) is 57.9 Å². The van der Waals surface area contributed by atoms with Crippen molar-refractivity contribution in [3.63, 3.8) is 0 Å². The third-order valence-corrected chi connectivity index (χ3v) is 5.03. The standard InChI is InChI=1S/C17H13Cl2FN4/c18-10-6-4-9(5-7-10)14-8-11(16-17(21-14)23-24-22-16)15-12(19)2-1-3-13(15)20/h1-7,11,14,16H,8H2,(H,21,22,23). The predicted molar refractivity (Wildman–Crippen MR) is 92.2 cm³/mol. The molecular formula is C17H13Cl2FN4. The van der Waals surface area contributed by atoms with Crippen LogP contribution in [0.25, 0.3) is 0 Å². The molecule has 3 unspecified atom stereocenters. The molecule has 1 saturated heterocycles. The maximum atomic E-state index is 14.4. The van der Waals surface area contributed by atoms with Crippen molar-refractivity contribution in [2.75, 3.05) is 0 Å². The number of hydrogen-bond donors (Lipinski definition) is 1. The lowest BCUT2D eigenvalue weighted by Gasteiger charge is -2.35. The molecule has 2 aromatic rings. The molecule has 0 amide bonds. The van der Waals surface area contributed by atoms with Gasteiger partial charge in [0.1, 0.15) is 11.9 Å². The fourth-order valence-corrected chi connectivity index (χ4v) is 3.73. The van der Waals surface area contributed by atoms with E-state index in [0.29, 0.717) is 27.9 Å². The van der Waals surface area contributed by atoms with Gasteiger partial charge in [-0.05, 0) is 41.5 Å². The first kappa shape index (κ1) is 15.5. The normalized spacial score (nSPS) is 25.1. The number of nitrogens with zero attached hydrogens (tertiary/aromatic N) is 3. The van der Waals surface area contributed by atoms with E-state index in [0.717, 1.165) is 5.56 Å². The zero-order valence-corrected chi connectivity index (χ0v) is 14.0. The van der Waals surface area contributed by atoms with Gasteiger partial charge < -0.3 is 5.32 Å². The topological polar surface area (TPSA) is 49.1 Å². The molecule has 4 rings (SSSR count). The lowest BCUT2D eigenvalue weighted by molar-refractivity contribution is 0.429. The van der Waals surface area contributed by atoms with E-state index in [1.54, 1.807) is 12.1 Å². The first-order chi connectivity index (χ1) is 11.6. The number of piperidine rings is 1. The lowest BCUT2D eigenvalue weighted by atomic mass is 9.80. The summed E-state index contributed by atoms with van der Waals surface area (Å²) in [4.78, 5) is 0. The van der Waals surface area contributed by atoms with Crippen molar-refractivity contribution in [2.24, 2.45) is 15.4 Å². The van der Waals surface area contributed by atoms with E-state index in [2.05, 4.69) is 20.8 Å². The van der Waals surface area contributed by atoms with E-state index in [4.69, 9.17) is 23.2 Å². The molecule has 24 heavy (non-hydrogen) atoms. The number of halogens is 3. The minimum absolute atomic E-state index is 0.0403. The molecule has 0 aromatic heterocycles.